The lowest BCUT2D eigenvalue weighted by Gasteiger charge is -1.98. The Morgan fingerprint density at radius 2 is 2.27 bits per heavy atom. The molecule has 1 saturated carbocycles. The van der Waals surface area contributed by atoms with E-state index >= 15 is 0 Å². The van der Waals surface area contributed by atoms with Crippen LogP contribution >= 0.6 is 0 Å². The third kappa shape index (κ3) is 3.50. The number of hydrogen-bond donors (Lipinski definition) is 2. The van der Waals surface area contributed by atoms with Crippen molar-refractivity contribution in [3.8, 4) is 0 Å². The third-order valence-electron chi connectivity index (χ3n) is 2.16. The molecule has 1 rings (SSSR count). The maximum atomic E-state index is 11.3. The third-order valence-corrected chi connectivity index (χ3v) is 2.16. The normalized spacial score (nSPS) is 17.4. The zero-order chi connectivity index (χ0) is 11.4. The van der Waals surface area contributed by atoms with E-state index in [2.05, 4.69) is 11.6 Å². The molecule has 0 saturated heterocycles. The summed E-state index contributed by atoms with van der Waals surface area (Å²) in [7, 11) is 0. The largest absolute Gasteiger partial charge is 0.384 e. The minimum Gasteiger partial charge on any atom is -0.384 e. The molecule has 0 radical (unpaired) electrons. The summed E-state index contributed by atoms with van der Waals surface area (Å²) in [6.45, 7) is 5.21. The van der Waals surface area contributed by atoms with E-state index in [1.54, 1.807) is 6.92 Å². The number of nitrogens with two attached hydrogens (primary N) is 1. The van der Waals surface area contributed by atoms with Gasteiger partial charge in [0.2, 0.25) is 0 Å². The Bertz CT molecular complexity index is 367. The van der Waals surface area contributed by atoms with Gasteiger partial charge in [0.05, 0.1) is 5.71 Å². The lowest BCUT2D eigenvalue weighted by atomic mass is 10.1. The van der Waals surface area contributed by atoms with Crippen LogP contribution in [0.4, 0.5) is 0 Å². The van der Waals surface area contributed by atoms with Gasteiger partial charge in [0.1, 0.15) is 5.84 Å². The predicted molar refractivity (Wildman–Crippen MR) is 63.1 cm³/mol. The molecule has 4 nitrogen and oxygen atoms in total. The van der Waals surface area contributed by atoms with Gasteiger partial charge in [-0.2, -0.15) is 4.99 Å². The van der Waals surface area contributed by atoms with Crippen LogP contribution < -0.4 is 5.73 Å². The zero-order valence-electron chi connectivity index (χ0n) is 8.79. The van der Waals surface area contributed by atoms with Crippen molar-refractivity contribution in [1.29, 1.82) is 5.41 Å². The van der Waals surface area contributed by atoms with Gasteiger partial charge in [0.25, 0.3) is 5.91 Å². The molecule has 0 atom stereocenters. The first-order valence-electron chi connectivity index (χ1n) is 4.82. The molecular formula is C11H17N3O. The quantitative estimate of drug-likeness (QED) is 0.543. The van der Waals surface area contributed by atoms with Crippen molar-refractivity contribution in [3.63, 3.8) is 0 Å². The molecule has 0 bridgehead atoms. The Labute approximate surface area is 90.6 Å². The standard InChI is InChI=1S/C11H15N3O.H2/c1-3-9(12)7(2)6-10(13)14-11(15)8-4-5-8;/h3,6,8,12H,1,4-5H2,2H3,(H2,13,14,15);1H/b7-6-,12-9?;. The van der Waals surface area contributed by atoms with E-state index in [9.17, 15) is 4.79 Å². The van der Waals surface area contributed by atoms with Crippen LogP contribution in [-0.2, 0) is 4.79 Å². The number of rotatable bonds is 4. The molecule has 1 aliphatic carbocycles. The van der Waals surface area contributed by atoms with Crippen LogP contribution in [-0.4, -0.2) is 17.5 Å². The smallest absolute Gasteiger partial charge is 0.250 e. The number of allylic oxidation sites excluding steroid dienone is 2. The second kappa shape index (κ2) is 4.68. The number of carbonyl (C=O) groups is 1. The molecule has 1 fully saturated rings. The maximum Gasteiger partial charge on any atom is 0.250 e. The highest BCUT2D eigenvalue weighted by atomic mass is 16.1. The molecule has 0 aromatic rings. The van der Waals surface area contributed by atoms with E-state index in [1.165, 1.54) is 12.2 Å². The lowest BCUT2D eigenvalue weighted by Crippen LogP contribution is -2.13. The molecule has 1 amide bonds. The second-order valence-electron chi connectivity index (χ2n) is 3.59. The Kier molecular flexibility index (Phi) is 3.55. The predicted octanol–water partition coefficient (Wildman–Crippen LogP) is 1.68. The van der Waals surface area contributed by atoms with Gasteiger partial charge in [-0.1, -0.05) is 6.58 Å². The number of hydrogen-bond acceptors (Lipinski definition) is 2. The van der Waals surface area contributed by atoms with Crippen LogP contribution in [0.5, 0.6) is 0 Å². The van der Waals surface area contributed by atoms with Crippen molar-refractivity contribution in [2.75, 3.05) is 0 Å². The first kappa shape index (κ1) is 11.4. The molecule has 0 aromatic heterocycles. The van der Waals surface area contributed by atoms with Crippen LogP contribution in [0.3, 0.4) is 0 Å². The molecule has 1 aliphatic rings. The average molecular weight is 207 g/mol. The van der Waals surface area contributed by atoms with Gasteiger partial charge in [-0.05, 0) is 37.5 Å². The van der Waals surface area contributed by atoms with E-state index < -0.39 is 0 Å². The fourth-order valence-electron chi connectivity index (χ4n) is 1.04. The van der Waals surface area contributed by atoms with Gasteiger partial charge in [0, 0.05) is 7.34 Å². The number of carbonyl (C=O) groups excluding carboxylic acids is 1. The molecule has 15 heavy (non-hydrogen) atoms. The van der Waals surface area contributed by atoms with Crippen LogP contribution in [0, 0.1) is 11.3 Å². The van der Waals surface area contributed by atoms with E-state index in [1.807, 2.05) is 0 Å². The Morgan fingerprint density at radius 1 is 1.67 bits per heavy atom. The number of aliphatic imine (C=N–C) groups is 1. The number of nitrogens with one attached hydrogen (secondary N) is 1. The van der Waals surface area contributed by atoms with Gasteiger partial charge in [-0.25, -0.2) is 0 Å². The average Bonchev–Trinajstić information content (AvgIpc) is 2.99. The van der Waals surface area contributed by atoms with Crippen molar-refractivity contribution < 1.29 is 6.22 Å². The Balaban J connectivity index is 0.00000225. The highest BCUT2D eigenvalue weighted by molar-refractivity contribution is 6.11. The molecular weight excluding hydrogens is 190 g/mol. The van der Waals surface area contributed by atoms with Crippen molar-refractivity contribution in [2.45, 2.75) is 19.8 Å². The highest BCUT2D eigenvalue weighted by Gasteiger charge is 2.29. The summed E-state index contributed by atoms with van der Waals surface area (Å²) in [6, 6.07) is 0. The molecule has 0 aliphatic heterocycles. The first-order valence-corrected chi connectivity index (χ1v) is 4.82. The summed E-state index contributed by atoms with van der Waals surface area (Å²) in [5.74, 6) is 0.0915. The molecule has 0 aromatic carbocycles. The van der Waals surface area contributed by atoms with Crippen molar-refractivity contribution in [3.05, 3.63) is 24.3 Å². The fourth-order valence-corrected chi connectivity index (χ4v) is 1.04. The Hall–Kier alpha value is -1.71. The van der Waals surface area contributed by atoms with Gasteiger partial charge in [0.15, 0.2) is 0 Å². The first-order chi connectivity index (χ1) is 7.04. The number of amides is 1. The monoisotopic (exact) mass is 207 g/mol. The zero-order valence-corrected chi connectivity index (χ0v) is 8.79. The highest BCUT2D eigenvalue weighted by Crippen LogP contribution is 2.30. The van der Waals surface area contributed by atoms with E-state index in [0.29, 0.717) is 5.57 Å². The van der Waals surface area contributed by atoms with Gasteiger partial charge < -0.3 is 11.1 Å². The van der Waals surface area contributed by atoms with Crippen LogP contribution in [0.1, 0.15) is 21.2 Å². The number of nitrogens with zero attached hydrogens (tertiary/aromatic N) is 1. The molecule has 0 heterocycles. The second-order valence-corrected chi connectivity index (χ2v) is 3.59. The van der Waals surface area contributed by atoms with E-state index in [-0.39, 0.29) is 24.8 Å². The minimum absolute atomic E-state index is 0. The van der Waals surface area contributed by atoms with Gasteiger partial charge in [-0.15, -0.1) is 0 Å². The fraction of sp³-hybridized carbons (Fsp3) is 0.364. The summed E-state index contributed by atoms with van der Waals surface area (Å²) in [6.07, 6.45) is 4.77. The summed E-state index contributed by atoms with van der Waals surface area (Å²) in [4.78, 5) is 15.0. The van der Waals surface area contributed by atoms with Gasteiger partial charge >= 0.3 is 0 Å². The van der Waals surface area contributed by atoms with E-state index in [4.69, 9.17) is 11.1 Å². The van der Waals surface area contributed by atoms with Crippen LogP contribution in [0.25, 0.3) is 0 Å². The number of amidine groups is 1. The van der Waals surface area contributed by atoms with Crippen molar-refractivity contribution in [1.82, 2.24) is 0 Å². The maximum absolute atomic E-state index is 11.3. The van der Waals surface area contributed by atoms with Crippen LogP contribution in [0.15, 0.2) is 29.3 Å². The van der Waals surface area contributed by atoms with Crippen molar-refractivity contribution in [2.24, 2.45) is 16.6 Å². The molecule has 82 valence electrons. The summed E-state index contributed by atoms with van der Waals surface area (Å²) >= 11 is 0. The minimum atomic E-state index is -0.151. The van der Waals surface area contributed by atoms with Crippen LogP contribution in [0.2, 0.25) is 0 Å². The van der Waals surface area contributed by atoms with E-state index in [0.717, 1.165) is 12.8 Å². The summed E-state index contributed by atoms with van der Waals surface area (Å²) in [5.41, 5.74) is 6.49. The molecule has 4 heteroatoms. The summed E-state index contributed by atoms with van der Waals surface area (Å²) < 4.78 is 0. The SMILES string of the molecule is C=CC(=N)/C(C)=C\C(N)=NC(=O)C1CC1.[HH]. The molecule has 3 N–H and O–H groups in total. The Morgan fingerprint density at radius 3 is 2.73 bits per heavy atom. The molecule has 0 spiro atoms. The van der Waals surface area contributed by atoms with Crippen molar-refractivity contribution >= 4 is 17.5 Å². The summed E-state index contributed by atoms with van der Waals surface area (Å²) in [5, 5.41) is 7.43. The van der Waals surface area contributed by atoms with Gasteiger partial charge in [-0.3, -0.25) is 4.79 Å². The topological polar surface area (TPSA) is 79.3 Å². The molecule has 0 unspecified atom stereocenters. The lowest BCUT2D eigenvalue weighted by molar-refractivity contribution is -0.118.